The van der Waals surface area contributed by atoms with Crippen molar-refractivity contribution in [1.29, 1.82) is 0 Å². The Bertz CT molecular complexity index is 272. The quantitative estimate of drug-likeness (QED) is 0.725. The maximum atomic E-state index is 11.5. The van der Waals surface area contributed by atoms with Crippen LogP contribution in [0, 0.1) is 11.8 Å². The van der Waals surface area contributed by atoms with E-state index in [0.717, 1.165) is 6.42 Å². The number of carbonyl (C=O) groups excluding carboxylic acids is 1. The van der Waals surface area contributed by atoms with Crippen molar-refractivity contribution in [3.63, 3.8) is 0 Å². The maximum absolute atomic E-state index is 11.5. The lowest BCUT2D eigenvalue weighted by Crippen LogP contribution is -2.43. The summed E-state index contributed by atoms with van der Waals surface area (Å²) < 4.78 is 5.10. The van der Waals surface area contributed by atoms with Crippen molar-refractivity contribution in [1.82, 2.24) is 0 Å². The molecule has 1 saturated heterocycles. The van der Waals surface area contributed by atoms with E-state index in [1.54, 1.807) is 13.8 Å². The van der Waals surface area contributed by atoms with Gasteiger partial charge < -0.3 is 9.84 Å². The van der Waals surface area contributed by atoms with Crippen molar-refractivity contribution in [3.8, 4) is 0 Å². The molecule has 2 unspecified atom stereocenters. The molecular formula is C11H18O4. The van der Waals surface area contributed by atoms with E-state index >= 15 is 0 Å². The monoisotopic (exact) mass is 214 g/mol. The van der Waals surface area contributed by atoms with E-state index in [9.17, 15) is 9.59 Å². The van der Waals surface area contributed by atoms with E-state index in [0.29, 0.717) is 12.8 Å². The van der Waals surface area contributed by atoms with Gasteiger partial charge in [0.25, 0.3) is 0 Å². The van der Waals surface area contributed by atoms with Crippen LogP contribution in [0.1, 0.15) is 40.0 Å². The van der Waals surface area contributed by atoms with Gasteiger partial charge in [-0.1, -0.05) is 27.2 Å². The summed E-state index contributed by atoms with van der Waals surface area (Å²) in [6.07, 6.45) is 1.89. The molecule has 0 amide bonds. The number of hydrogen-bond acceptors (Lipinski definition) is 3. The standard InChI is InChI=1S/C11H18O4/c1-4-5-8-6-11(7(2)3,10(13)14)15-9(8)12/h7-8H,4-6H2,1-3H3,(H,13,14). The zero-order valence-electron chi connectivity index (χ0n) is 9.45. The summed E-state index contributed by atoms with van der Waals surface area (Å²) in [5.41, 5.74) is -1.29. The third-order valence-corrected chi connectivity index (χ3v) is 3.10. The first kappa shape index (κ1) is 12.0. The summed E-state index contributed by atoms with van der Waals surface area (Å²) in [4.78, 5) is 22.7. The van der Waals surface area contributed by atoms with Crippen LogP contribution in [0.25, 0.3) is 0 Å². The zero-order valence-corrected chi connectivity index (χ0v) is 9.45. The van der Waals surface area contributed by atoms with E-state index < -0.39 is 11.6 Å². The lowest BCUT2D eigenvalue weighted by molar-refractivity contribution is -0.174. The Morgan fingerprint density at radius 1 is 1.67 bits per heavy atom. The molecule has 0 aromatic rings. The van der Waals surface area contributed by atoms with E-state index in [1.165, 1.54) is 0 Å². The van der Waals surface area contributed by atoms with Crippen LogP contribution < -0.4 is 0 Å². The number of carboxylic acid groups (broad SMARTS) is 1. The molecule has 0 bridgehead atoms. The highest BCUT2D eigenvalue weighted by Gasteiger charge is 2.54. The number of carboxylic acids is 1. The molecule has 86 valence electrons. The van der Waals surface area contributed by atoms with Crippen LogP contribution in [0.4, 0.5) is 0 Å². The Morgan fingerprint density at radius 2 is 2.27 bits per heavy atom. The molecule has 1 N–H and O–H groups in total. The summed E-state index contributed by atoms with van der Waals surface area (Å²) in [7, 11) is 0. The highest BCUT2D eigenvalue weighted by Crippen LogP contribution is 2.39. The first-order valence-electron chi connectivity index (χ1n) is 5.40. The molecule has 1 fully saturated rings. The van der Waals surface area contributed by atoms with E-state index in [2.05, 4.69) is 0 Å². The Morgan fingerprint density at radius 3 is 2.60 bits per heavy atom. The molecular weight excluding hydrogens is 196 g/mol. The molecule has 1 aliphatic rings. The van der Waals surface area contributed by atoms with Gasteiger partial charge in [-0.25, -0.2) is 4.79 Å². The lowest BCUT2D eigenvalue weighted by Gasteiger charge is -2.26. The predicted octanol–water partition coefficient (Wildman–Crippen LogP) is 1.83. The molecule has 0 aliphatic carbocycles. The third kappa shape index (κ3) is 1.98. The highest BCUT2D eigenvalue weighted by molar-refractivity contribution is 5.87. The minimum Gasteiger partial charge on any atom is -0.478 e. The normalized spacial score (nSPS) is 30.7. The topological polar surface area (TPSA) is 63.6 Å². The summed E-state index contributed by atoms with van der Waals surface area (Å²) in [6, 6.07) is 0. The van der Waals surface area contributed by atoms with Crippen LogP contribution in [0.3, 0.4) is 0 Å². The van der Waals surface area contributed by atoms with Crippen molar-refractivity contribution in [2.75, 3.05) is 0 Å². The summed E-state index contributed by atoms with van der Waals surface area (Å²) >= 11 is 0. The molecule has 15 heavy (non-hydrogen) atoms. The van der Waals surface area contributed by atoms with Crippen LogP contribution in [-0.4, -0.2) is 22.6 Å². The average Bonchev–Trinajstić information content (AvgIpc) is 2.46. The predicted molar refractivity (Wildman–Crippen MR) is 54.3 cm³/mol. The zero-order chi connectivity index (χ0) is 11.6. The molecule has 4 nitrogen and oxygen atoms in total. The summed E-state index contributed by atoms with van der Waals surface area (Å²) in [6.45, 7) is 5.52. The van der Waals surface area contributed by atoms with Crippen LogP contribution in [0.5, 0.6) is 0 Å². The van der Waals surface area contributed by atoms with Gasteiger partial charge in [-0.05, 0) is 6.42 Å². The van der Waals surface area contributed by atoms with Crippen LogP contribution in [-0.2, 0) is 14.3 Å². The van der Waals surface area contributed by atoms with E-state index in [4.69, 9.17) is 9.84 Å². The van der Waals surface area contributed by atoms with Crippen molar-refractivity contribution in [3.05, 3.63) is 0 Å². The Labute approximate surface area is 89.6 Å². The van der Waals surface area contributed by atoms with Crippen molar-refractivity contribution >= 4 is 11.9 Å². The van der Waals surface area contributed by atoms with Gasteiger partial charge in [0.2, 0.25) is 5.60 Å². The minimum absolute atomic E-state index is 0.194. The number of cyclic esters (lactones) is 1. The lowest BCUT2D eigenvalue weighted by atomic mass is 9.83. The molecule has 0 aromatic heterocycles. The summed E-state index contributed by atoms with van der Waals surface area (Å²) in [5, 5.41) is 9.16. The molecule has 2 atom stereocenters. The van der Waals surface area contributed by atoms with E-state index in [1.807, 2.05) is 6.92 Å². The Balaban J connectivity index is 2.88. The second kappa shape index (κ2) is 4.21. The number of hydrogen-bond donors (Lipinski definition) is 1. The Kier molecular flexibility index (Phi) is 3.37. The Hall–Kier alpha value is -1.06. The van der Waals surface area contributed by atoms with Gasteiger partial charge in [0, 0.05) is 12.3 Å². The number of esters is 1. The van der Waals surface area contributed by atoms with Gasteiger partial charge in [0.15, 0.2) is 0 Å². The van der Waals surface area contributed by atoms with Gasteiger partial charge in [-0.15, -0.1) is 0 Å². The van der Waals surface area contributed by atoms with E-state index in [-0.39, 0.29) is 17.8 Å². The average molecular weight is 214 g/mol. The molecule has 1 rings (SSSR count). The number of carbonyl (C=O) groups is 2. The van der Waals surface area contributed by atoms with Crippen LogP contribution in [0.2, 0.25) is 0 Å². The number of aliphatic carboxylic acids is 1. The molecule has 1 aliphatic heterocycles. The fourth-order valence-electron chi connectivity index (χ4n) is 2.05. The second-order valence-corrected chi connectivity index (χ2v) is 4.46. The molecule has 1 heterocycles. The third-order valence-electron chi connectivity index (χ3n) is 3.10. The SMILES string of the molecule is CCCC1CC(C(=O)O)(C(C)C)OC1=O. The van der Waals surface area contributed by atoms with Gasteiger partial charge in [-0.3, -0.25) is 4.79 Å². The van der Waals surface area contributed by atoms with Crippen molar-refractivity contribution in [2.45, 2.75) is 45.6 Å². The fourth-order valence-corrected chi connectivity index (χ4v) is 2.05. The van der Waals surface area contributed by atoms with Crippen molar-refractivity contribution in [2.24, 2.45) is 11.8 Å². The first-order chi connectivity index (χ1) is 6.94. The number of rotatable bonds is 4. The maximum Gasteiger partial charge on any atom is 0.348 e. The molecule has 4 heteroatoms. The fraction of sp³-hybridized carbons (Fsp3) is 0.818. The van der Waals surface area contributed by atoms with Gasteiger partial charge in [0.05, 0.1) is 5.92 Å². The highest BCUT2D eigenvalue weighted by atomic mass is 16.6. The summed E-state index contributed by atoms with van der Waals surface area (Å²) in [5.74, 6) is -1.81. The molecule has 0 aromatic carbocycles. The van der Waals surface area contributed by atoms with Gasteiger partial charge in [-0.2, -0.15) is 0 Å². The van der Waals surface area contributed by atoms with Gasteiger partial charge in [0.1, 0.15) is 0 Å². The first-order valence-corrected chi connectivity index (χ1v) is 5.40. The second-order valence-electron chi connectivity index (χ2n) is 4.46. The number of ether oxygens (including phenoxy) is 1. The van der Waals surface area contributed by atoms with Crippen molar-refractivity contribution < 1.29 is 19.4 Å². The molecule has 0 saturated carbocycles. The molecule has 0 radical (unpaired) electrons. The molecule has 0 spiro atoms. The minimum atomic E-state index is -1.29. The van der Waals surface area contributed by atoms with Crippen LogP contribution in [0.15, 0.2) is 0 Å². The van der Waals surface area contributed by atoms with Crippen LogP contribution >= 0.6 is 0 Å². The smallest absolute Gasteiger partial charge is 0.348 e. The largest absolute Gasteiger partial charge is 0.478 e. The van der Waals surface area contributed by atoms with Gasteiger partial charge >= 0.3 is 11.9 Å².